The number of hydrogen-bond acceptors (Lipinski definition) is 2. The Morgan fingerprint density at radius 2 is 2.50 bits per heavy atom. The van der Waals surface area contributed by atoms with Crippen LogP contribution in [-0.2, 0) is 19.4 Å². The highest BCUT2D eigenvalue weighted by molar-refractivity contribution is 5.16. The summed E-state index contributed by atoms with van der Waals surface area (Å²) in [5.74, 6) is 0.792. The molecule has 2 heterocycles. The summed E-state index contributed by atoms with van der Waals surface area (Å²) in [6, 6.07) is 0.217. The van der Waals surface area contributed by atoms with Gasteiger partial charge in [0, 0.05) is 24.7 Å². The van der Waals surface area contributed by atoms with Crippen molar-refractivity contribution in [2.24, 2.45) is 11.7 Å². The minimum Gasteiger partial charge on any atom is -0.334 e. The fourth-order valence-electron chi connectivity index (χ4n) is 2.18. The van der Waals surface area contributed by atoms with E-state index in [1.165, 1.54) is 24.2 Å². The molecule has 78 valence electrons. The first-order valence-corrected chi connectivity index (χ1v) is 5.45. The number of nitrogens with zero attached hydrogens (tertiary/aromatic N) is 2. The SMILES string of the molecule is CC(N)Cc1ncn2c1CCC(C)C2. The van der Waals surface area contributed by atoms with Crippen molar-refractivity contribution in [2.75, 3.05) is 0 Å². The van der Waals surface area contributed by atoms with Crippen molar-refractivity contribution in [3.63, 3.8) is 0 Å². The summed E-state index contributed by atoms with van der Waals surface area (Å²) < 4.78 is 2.30. The Morgan fingerprint density at radius 1 is 1.71 bits per heavy atom. The molecule has 1 aliphatic heterocycles. The standard InChI is InChI=1S/C11H19N3/c1-8-3-4-11-10(5-9(2)12)13-7-14(11)6-8/h7-9H,3-6,12H2,1-2H3. The topological polar surface area (TPSA) is 43.8 Å². The molecule has 0 bridgehead atoms. The second-order valence-corrected chi connectivity index (χ2v) is 4.62. The predicted octanol–water partition coefficient (Wildman–Crippen LogP) is 1.36. The van der Waals surface area contributed by atoms with Crippen LogP contribution in [0.3, 0.4) is 0 Å². The van der Waals surface area contributed by atoms with Crippen molar-refractivity contribution in [3.05, 3.63) is 17.7 Å². The van der Waals surface area contributed by atoms with Crippen molar-refractivity contribution in [3.8, 4) is 0 Å². The van der Waals surface area contributed by atoms with E-state index in [4.69, 9.17) is 5.73 Å². The zero-order chi connectivity index (χ0) is 10.1. The van der Waals surface area contributed by atoms with Crippen LogP contribution in [-0.4, -0.2) is 15.6 Å². The van der Waals surface area contributed by atoms with Crippen LogP contribution in [0.25, 0.3) is 0 Å². The van der Waals surface area contributed by atoms with Gasteiger partial charge < -0.3 is 10.3 Å². The van der Waals surface area contributed by atoms with Gasteiger partial charge in [-0.15, -0.1) is 0 Å². The van der Waals surface area contributed by atoms with E-state index in [9.17, 15) is 0 Å². The maximum Gasteiger partial charge on any atom is 0.0951 e. The Bertz CT molecular complexity index is 314. The molecule has 1 aliphatic rings. The lowest BCUT2D eigenvalue weighted by molar-refractivity contribution is 0.397. The van der Waals surface area contributed by atoms with Crippen LogP contribution in [0.2, 0.25) is 0 Å². The van der Waals surface area contributed by atoms with Crippen molar-refractivity contribution in [2.45, 2.75) is 45.7 Å². The van der Waals surface area contributed by atoms with Gasteiger partial charge in [0.15, 0.2) is 0 Å². The van der Waals surface area contributed by atoms with E-state index in [1.807, 2.05) is 13.3 Å². The molecule has 1 aromatic heterocycles. The molecule has 0 aromatic carbocycles. The number of rotatable bonds is 2. The third kappa shape index (κ3) is 1.82. The molecule has 14 heavy (non-hydrogen) atoms. The van der Waals surface area contributed by atoms with Crippen LogP contribution < -0.4 is 5.73 Å². The molecule has 3 nitrogen and oxygen atoms in total. The van der Waals surface area contributed by atoms with Crippen molar-refractivity contribution >= 4 is 0 Å². The molecule has 0 aliphatic carbocycles. The predicted molar refractivity (Wildman–Crippen MR) is 57.1 cm³/mol. The van der Waals surface area contributed by atoms with Gasteiger partial charge in [-0.05, 0) is 25.7 Å². The lowest BCUT2D eigenvalue weighted by Crippen LogP contribution is -2.21. The maximum absolute atomic E-state index is 5.79. The zero-order valence-corrected chi connectivity index (χ0v) is 9.03. The summed E-state index contributed by atoms with van der Waals surface area (Å²) in [7, 11) is 0. The average molecular weight is 193 g/mol. The summed E-state index contributed by atoms with van der Waals surface area (Å²) in [5.41, 5.74) is 8.43. The van der Waals surface area contributed by atoms with Crippen LogP contribution in [0.15, 0.2) is 6.33 Å². The Kier molecular flexibility index (Phi) is 2.59. The molecule has 1 aromatic rings. The van der Waals surface area contributed by atoms with Crippen molar-refractivity contribution in [1.82, 2.24) is 9.55 Å². The summed E-state index contributed by atoms with van der Waals surface area (Å²) >= 11 is 0. The number of nitrogens with two attached hydrogens (primary N) is 1. The van der Waals surface area contributed by atoms with Gasteiger partial charge in [0.2, 0.25) is 0 Å². The summed E-state index contributed by atoms with van der Waals surface area (Å²) in [5, 5.41) is 0. The minimum atomic E-state index is 0.217. The Labute approximate surface area is 85.3 Å². The van der Waals surface area contributed by atoms with E-state index in [0.29, 0.717) is 0 Å². The van der Waals surface area contributed by atoms with Crippen LogP contribution in [0.5, 0.6) is 0 Å². The molecule has 0 fully saturated rings. The lowest BCUT2D eigenvalue weighted by Gasteiger charge is -2.21. The van der Waals surface area contributed by atoms with E-state index in [0.717, 1.165) is 18.9 Å². The van der Waals surface area contributed by atoms with Gasteiger partial charge in [-0.3, -0.25) is 0 Å². The van der Waals surface area contributed by atoms with Gasteiger partial charge in [0.1, 0.15) is 0 Å². The summed E-state index contributed by atoms with van der Waals surface area (Å²) in [6.45, 7) is 5.46. The van der Waals surface area contributed by atoms with Crippen molar-refractivity contribution < 1.29 is 0 Å². The number of fused-ring (bicyclic) bond motifs is 1. The fraction of sp³-hybridized carbons (Fsp3) is 0.727. The van der Waals surface area contributed by atoms with Gasteiger partial charge in [0.25, 0.3) is 0 Å². The van der Waals surface area contributed by atoms with E-state index >= 15 is 0 Å². The second-order valence-electron chi connectivity index (χ2n) is 4.62. The molecular formula is C11H19N3. The molecule has 2 N–H and O–H groups in total. The lowest BCUT2D eigenvalue weighted by atomic mass is 9.98. The number of aromatic nitrogens is 2. The first-order chi connectivity index (χ1) is 6.66. The third-order valence-electron chi connectivity index (χ3n) is 2.93. The quantitative estimate of drug-likeness (QED) is 0.770. The van der Waals surface area contributed by atoms with Gasteiger partial charge in [0.05, 0.1) is 12.0 Å². The summed E-state index contributed by atoms with van der Waals surface area (Å²) in [4.78, 5) is 4.46. The smallest absolute Gasteiger partial charge is 0.0951 e. The normalized spacial score (nSPS) is 23.2. The molecule has 0 spiro atoms. The molecule has 0 saturated heterocycles. The Balaban J connectivity index is 2.20. The highest BCUT2D eigenvalue weighted by atomic mass is 15.1. The minimum absolute atomic E-state index is 0.217. The number of hydrogen-bond donors (Lipinski definition) is 1. The van der Waals surface area contributed by atoms with Crippen LogP contribution in [0.1, 0.15) is 31.7 Å². The molecule has 2 rings (SSSR count). The third-order valence-corrected chi connectivity index (χ3v) is 2.93. The Morgan fingerprint density at radius 3 is 3.21 bits per heavy atom. The molecule has 0 saturated carbocycles. The maximum atomic E-state index is 5.79. The second kappa shape index (κ2) is 3.73. The van der Waals surface area contributed by atoms with Gasteiger partial charge in [-0.2, -0.15) is 0 Å². The van der Waals surface area contributed by atoms with Crippen LogP contribution in [0, 0.1) is 5.92 Å². The van der Waals surface area contributed by atoms with Gasteiger partial charge in [-0.1, -0.05) is 6.92 Å². The molecule has 2 atom stereocenters. The number of imidazole rings is 1. The van der Waals surface area contributed by atoms with Gasteiger partial charge >= 0.3 is 0 Å². The average Bonchev–Trinajstić information content (AvgIpc) is 2.47. The van der Waals surface area contributed by atoms with Crippen molar-refractivity contribution in [1.29, 1.82) is 0 Å². The summed E-state index contributed by atoms with van der Waals surface area (Å²) in [6.07, 6.45) is 5.35. The first-order valence-electron chi connectivity index (χ1n) is 5.45. The van der Waals surface area contributed by atoms with E-state index in [-0.39, 0.29) is 6.04 Å². The molecular weight excluding hydrogens is 174 g/mol. The molecule has 0 radical (unpaired) electrons. The zero-order valence-electron chi connectivity index (χ0n) is 9.03. The highest BCUT2D eigenvalue weighted by Gasteiger charge is 2.18. The van der Waals surface area contributed by atoms with Gasteiger partial charge in [-0.25, -0.2) is 4.98 Å². The molecule has 2 unspecified atom stereocenters. The van der Waals surface area contributed by atoms with Crippen LogP contribution >= 0.6 is 0 Å². The van der Waals surface area contributed by atoms with E-state index < -0.39 is 0 Å². The highest BCUT2D eigenvalue weighted by Crippen LogP contribution is 2.22. The fourth-order valence-corrected chi connectivity index (χ4v) is 2.18. The van der Waals surface area contributed by atoms with E-state index in [1.54, 1.807) is 0 Å². The monoisotopic (exact) mass is 193 g/mol. The van der Waals surface area contributed by atoms with Crippen LogP contribution in [0.4, 0.5) is 0 Å². The molecule has 3 heteroatoms. The van der Waals surface area contributed by atoms with E-state index in [2.05, 4.69) is 16.5 Å². The molecule has 0 amide bonds. The largest absolute Gasteiger partial charge is 0.334 e. The Hall–Kier alpha value is -0.830. The first kappa shape index (κ1) is 9.71.